The molecule has 1 fully saturated rings. The average molecular weight is 706 g/mol. The summed E-state index contributed by atoms with van der Waals surface area (Å²) in [6.07, 6.45) is 5.30. The number of benzene rings is 2. The summed E-state index contributed by atoms with van der Waals surface area (Å²) in [5, 5.41) is 6.40. The van der Waals surface area contributed by atoms with Gasteiger partial charge in [0, 0.05) is 30.7 Å². The third-order valence-corrected chi connectivity index (χ3v) is 10.1. The molecule has 268 valence electrons. The molecule has 11 nitrogen and oxygen atoms in total. The van der Waals surface area contributed by atoms with Crippen molar-refractivity contribution in [3.8, 4) is 39.9 Å². The van der Waals surface area contributed by atoms with Gasteiger partial charge < -0.3 is 39.2 Å². The zero-order valence-corrected chi connectivity index (χ0v) is 30.7. The fraction of sp³-hybridized carbons (Fsp3) is 0.447. The van der Waals surface area contributed by atoms with Crippen LogP contribution in [0.3, 0.4) is 0 Å². The Morgan fingerprint density at radius 2 is 1.66 bits per heavy atom. The van der Waals surface area contributed by atoms with Crippen LogP contribution in [0.4, 0.5) is 5.69 Å². The number of methoxy groups -OCH3 is 5. The summed E-state index contributed by atoms with van der Waals surface area (Å²) < 4.78 is 28.4. The van der Waals surface area contributed by atoms with Crippen LogP contribution in [0, 0.1) is 0 Å². The lowest BCUT2D eigenvalue weighted by atomic mass is 9.95. The number of amides is 2. The molecule has 1 aliphatic heterocycles. The molecule has 1 saturated heterocycles. The molecule has 2 amide bonds. The number of nitrogens with zero attached hydrogens (tertiary/aromatic N) is 1. The molecule has 2 N–H and O–H groups in total. The quantitative estimate of drug-likeness (QED) is 0.226. The van der Waals surface area contributed by atoms with Crippen LogP contribution in [0.2, 0.25) is 0 Å². The van der Waals surface area contributed by atoms with Gasteiger partial charge in [-0.1, -0.05) is 6.07 Å². The van der Waals surface area contributed by atoms with Gasteiger partial charge in [-0.25, -0.2) is 0 Å². The maximum absolute atomic E-state index is 14.4. The highest BCUT2D eigenvalue weighted by Crippen LogP contribution is 2.50. The maximum Gasteiger partial charge on any atom is 0.245 e. The van der Waals surface area contributed by atoms with Gasteiger partial charge in [0.1, 0.15) is 17.5 Å². The summed E-state index contributed by atoms with van der Waals surface area (Å²) in [4.78, 5) is 42.8. The average Bonchev–Trinajstić information content (AvgIpc) is 3.50. The van der Waals surface area contributed by atoms with Crippen molar-refractivity contribution < 1.29 is 33.3 Å². The monoisotopic (exact) mass is 705 g/mol. The van der Waals surface area contributed by atoms with E-state index in [1.807, 2.05) is 41.5 Å². The van der Waals surface area contributed by atoms with Crippen molar-refractivity contribution in [3.05, 3.63) is 69.4 Å². The number of anilines is 1. The minimum atomic E-state index is -0.653. The van der Waals surface area contributed by atoms with E-state index in [4.69, 9.17) is 23.7 Å². The molecule has 12 heteroatoms. The highest BCUT2D eigenvalue weighted by Gasteiger charge is 2.36. The predicted octanol–water partition coefficient (Wildman–Crippen LogP) is 5.78. The first-order chi connectivity index (χ1) is 24.2. The van der Waals surface area contributed by atoms with E-state index in [9.17, 15) is 14.4 Å². The normalized spacial score (nSPS) is 17.1. The summed E-state index contributed by atoms with van der Waals surface area (Å²) in [6.45, 7) is 2.06. The van der Waals surface area contributed by atoms with Gasteiger partial charge in [0.15, 0.2) is 11.5 Å². The fourth-order valence-corrected chi connectivity index (χ4v) is 7.63. The molecule has 0 bridgehead atoms. The first-order valence-electron chi connectivity index (χ1n) is 16.7. The lowest BCUT2D eigenvalue weighted by molar-refractivity contribution is -0.133. The largest absolute Gasteiger partial charge is 0.497 e. The molecule has 0 spiro atoms. The number of carbonyl (C=O) groups excluding carboxylic acids is 2. The number of hydrogen-bond acceptors (Lipinski definition) is 10. The number of nitrogens with one attached hydrogen (secondary N) is 2. The summed E-state index contributed by atoms with van der Waals surface area (Å²) in [5.74, 6) is 3.21. The van der Waals surface area contributed by atoms with Crippen LogP contribution in [-0.2, 0) is 16.0 Å². The molecular weight excluding hydrogens is 658 g/mol. The molecule has 1 aliphatic carbocycles. The SMILES string of the molecule is COc1ccc(C2CCCN2C(=O)C(CCSC)Nc2ccc3c(cc2=O)C(NC(C)=O)CCc2cc(OC)c(OC)c(OC)c2-3)c(OC)c1. The van der Waals surface area contributed by atoms with Crippen molar-refractivity contribution >= 4 is 29.3 Å². The maximum atomic E-state index is 14.4. The molecule has 3 aromatic rings. The fourth-order valence-electron chi connectivity index (χ4n) is 7.16. The Morgan fingerprint density at radius 1 is 0.900 bits per heavy atom. The van der Waals surface area contributed by atoms with E-state index in [2.05, 4.69) is 10.6 Å². The first-order valence-corrected chi connectivity index (χ1v) is 18.1. The molecule has 0 radical (unpaired) electrons. The van der Waals surface area contributed by atoms with E-state index >= 15 is 0 Å². The van der Waals surface area contributed by atoms with E-state index in [0.717, 1.165) is 35.1 Å². The standard InChI is InChI=1S/C38H47N3O8S/c1-22(42)39-28-14-10-23-19-34(47-4)36(48-5)37(49-6)35(23)25-13-15-29(32(43)21-27(25)28)40-30(16-18-50-7)38(44)41-17-8-9-31(41)26-12-11-24(45-2)20-33(26)46-3/h11-13,15,19-21,28,30-31H,8-10,14,16-18H2,1-7H3,(H,39,42)(H,40,43). The number of thioether (sulfide) groups is 1. The second kappa shape index (κ2) is 16.4. The molecule has 50 heavy (non-hydrogen) atoms. The molecule has 1 heterocycles. The van der Waals surface area contributed by atoms with E-state index in [1.165, 1.54) is 6.92 Å². The Kier molecular flexibility index (Phi) is 12.0. The second-order valence-corrected chi connectivity index (χ2v) is 13.4. The minimum Gasteiger partial charge on any atom is -0.497 e. The van der Waals surface area contributed by atoms with E-state index in [-0.39, 0.29) is 29.0 Å². The van der Waals surface area contributed by atoms with Crippen LogP contribution in [-0.4, -0.2) is 76.9 Å². The number of rotatable bonds is 13. The highest BCUT2D eigenvalue weighted by atomic mass is 32.2. The Hall–Kier alpha value is -4.58. The van der Waals surface area contributed by atoms with Crippen molar-refractivity contribution in [2.75, 3.05) is 59.4 Å². The Labute approximate surface area is 298 Å². The lowest BCUT2D eigenvalue weighted by Crippen LogP contribution is -2.43. The number of hydrogen-bond donors (Lipinski definition) is 2. The van der Waals surface area contributed by atoms with Crippen molar-refractivity contribution in [2.24, 2.45) is 0 Å². The minimum absolute atomic E-state index is 0.0770. The van der Waals surface area contributed by atoms with Crippen molar-refractivity contribution in [2.45, 2.75) is 57.2 Å². The molecule has 3 unspecified atom stereocenters. The van der Waals surface area contributed by atoms with Crippen LogP contribution in [0.15, 0.2) is 47.3 Å². The Balaban J connectivity index is 1.58. The molecule has 0 aromatic heterocycles. The number of fused-ring (bicyclic) bond motifs is 3. The smallest absolute Gasteiger partial charge is 0.245 e. The van der Waals surface area contributed by atoms with Gasteiger partial charge in [-0.15, -0.1) is 0 Å². The summed E-state index contributed by atoms with van der Waals surface area (Å²) >= 11 is 1.64. The summed E-state index contributed by atoms with van der Waals surface area (Å²) in [6, 6.07) is 11.5. The number of ether oxygens (including phenoxy) is 5. The zero-order valence-electron chi connectivity index (χ0n) is 29.8. The van der Waals surface area contributed by atoms with Gasteiger partial charge in [-0.2, -0.15) is 11.8 Å². The summed E-state index contributed by atoms with van der Waals surface area (Å²) in [5.41, 5.74) is 3.99. The van der Waals surface area contributed by atoms with Gasteiger partial charge >= 0.3 is 0 Å². The van der Waals surface area contributed by atoms with E-state index in [1.54, 1.807) is 59.4 Å². The van der Waals surface area contributed by atoms with E-state index < -0.39 is 12.1 Å². The van der Waals surface area contributed by atoms with Gasteiger partial charge in [0.05, 0.1) is 53.3 Å². The number of likely N-dealkylation sites (tertiary alicyclic amines) is 1. The molecule has 3 atom stereocenters. The Bertz CT molecular complexity index is 1780. The van der Waals surface area contributed by atoms with Gasteiger partial charge in [-0.3, -0.25) is 14.4 Å². The molecule has 2 aliphatic rings. The second-order valence-electron chi connectivity index (χ2n) is 12.4. The highest BCUT2D eigenvalue weighted by molar-refractivity contribution is 7.98. The Morgan fingerprint density at radius 3 is 2.32 bits per heavy atom. The third kappa shape index (κ3) is 7.45. The number of carbonyl (C=O) groups is 2. The molecule has 3 aromatic carbocycles. The van der Waals surface area contributed by atoms with Crippen molar-refractivity contribution in [3.63, 3.8) is 0 Å². The van der Waals surface area contributed by atoms with Gasteiger partial charge in [0.25, 0.3) is 0 Å². The predicted molar refractivity (Wildman–Crippen MR) is 196 cm³/mol. The van der Waals surface area contributed by atoms with Crippen LogP contribution >= 0.6 is 11.8 Å². The topological polar surface area (TPSA) is 125 Å². The number of aryl methyl sites for hydroxylation is 1. The lowest BCUT2D eigenvalue weighted by Gasteiger charge is -2.30. The van der Waals surface area contributed by atoms with Crippen LogP contribution < -0.4 is 39.7 Å². The van der Waals surface area contributed by atoms with Gasteiger partial charge in [-0.05, 0) is 91.1 Å². The summed E-state index contributed by atoms with van der Waals surface area (Å²) in [7, 11) is 7.91. The van der Waals surface area contributed by atoms with Crippen molar-refractivity contribution in [1.82, 2.24) is 10.2 Å². The van der Waals surface area contributed by atoms with E-state index in [0.29, 0.717) is 65.9 Å². The first kappa shape index (κ1) is 36.7. The molecule has 0 saturated carbocycles. The zero-order chi connectivity index (χ0) is 35.9. The van der Waals surface area contributed by atoms with Gasteiger partial charge in [0.2, 0.25) is 23.0 Å². The van der Waals surface area contributed by atoms with Crippen LogP contribution in [0.25, 0.3) is 11.1 Å². The third-order valence-electron chi connectivity index (χ3n) is 9.49. The van der Waals surface area contributed by atoms with Crippen LogP contribution in [0.1, 0.15) is 61.4 Å². The van der Waals surface area contributed by atoms with Crippen molar-refractivity contribution in [1.29, 1.82) is 0 Å². The van der Waals surface area contributed by atoms with Crippen LogP contribution in [0.5, 0.6) is 28.7 Å². The molecular formula is C38H47N3O8S. The molecule has 5 rings (SSSR count).